The summed E-state index contributed by atoms with van der Waals surface area (Å²) in [5, 5.41) is 7.34. The summed E-state index contributed by atoms with van der Waals surface area (Å²) in [6, 6.07) is 15.6. The molecule has 1 aliphatic carbocycles. The van der Waals surface area contributed by atoms with Gasteiger partial charge in [0.2, 0.25) is 5.91 Å². The van der Waals surface area contributed by atoms with E-state index in [1.807, 2.05) is 47.2 Å². The summed E-state index contributed by atoms with van der Waals surface area (Å²) in [4.78, 5) is 28.0. The molecular weight excluding hydrogens is 431 g/mol. The molecule has 1 N–H and O–H groups in total. The zero-order valence-corrected chi connectivity index (χ0v) is 18.6. The van der Waals surface area contributed by atoms with Crippen LogP contribution in [0.5, 0.6) is 0 Å². The number of carbonyl (C=O) groups excluding carboxylic acids is 2. The Bertz CT molecular complexity index is 1240. The Morgan fingerprint density at radius 3 is 2.41 bits per heavy atom. The lowest BCUT2D eigenvalue weighted by Gasteiger charge is -2.31. The van der Waals surface area contributed by atoms with Gasteiger partial charge in [-0.1, -0.05) is 48.6 Å². The van der Waals surface area contributed by atoms with E-state index in [4.69, 9.17) is 0 Å². The Balaban J connectivity index is 1.30. The molecule has 2 heterocycles. The number of carbonyl (C=O) groups is 2. The fraction of sp³-hybridized carbons (Fsp3) is 0.222. The summed E-state index contributed by atoms with van der Waals surface area (Å²) >= 11 is 0. The molecule has 1 aliphatic heterocycles. The van der Waals surface area contributed by atoms with Gasteiger partial charge in [-0.15, -0.1) is 0 Å². The normalized spacial score (nSPS) is 16.2. The summed E-state index contributed by atoms with van der Waals surface area (Å²) in [7, 11) is 0. The fourth-order valence-electron chi connectivity index (χ4n) is 4.56. The molecule has 2 amide bonds. The SMILES string of the molecule is O=C(Nc1cccc(F)c1)C1CCN(C(=O)c2cnn(-c3ccccc3)c2C2C=CC=C2)CC1. The van der Waals surface area contributed by atoms with Crippen molar-refractivity contribution in [1.29, 1.82) is 0 Å². The Morgan fingerprint density at radius 2 is 1.71 bits per heavy atom. The quantitative estimate of drug-likeness (QED) is 0.605. The van der Waals surface area contributed by atoms with E-state index in [1.54, 1.807) is 23.2 Å². The van der Waals surface area contributed by atoms with Crippen molar-refractivity contribution in [3.05, 3.63) is 102 Å². The number of amides is 2. The first-order valence-corrected chi connectivity index (χ1v) is 11.4. The van der Waals surface area contributed by atoms with Gasteiger partial charge in [-0.05, 0) is 43.2 Å². The first kappa shape index (κ1) is 21.8. The minimum absolute atomic E-state index is 0.0313. The van der Waals surface area contributed by atoms with Crippen LogP contribution in [-0.4, -0.2) is 39.6 Å². The van der Waals surface area contributed by atoms with Crippen molar-refractivity contribution in [1.82, 2.24) is 14.7 Å². The van der Waals surface area contributed by atoms with E-state index in [-0.39, 0.29) is 23.7 Å². The molecule has 1 saturated heterocycles. The van der Waals surface area contributed by atoms with Crippen LogP contribution in [0.4, 0.5) is 10.1 Å². The van der Waals surface area contributed by atoms with E-state index >= 15 is 0 Å². The first-order chi connectivity index (χ1) is 16.6. The topological polar surface area (TPSA) is 67.2 Å². The third-order valence-electron chi connectivity index (χ3n) is 6.35. The zero-order chi connectivity index (χ0) is 23.5. The number of nitrogens with one attached hydrogen (secondary N) is 1. The maximum absolute atomic E-state index is 13.5. The van der Waals surface area contributed by atoms with Crippen molar-refractivity contribution in [3.63, 3.8) is 0 Å². The highest BCUT2D eigenvalue weighted by molar-refractivity contribution is 5.96. The first-order valence-electron chi connectivity index (χ1n) is 11.4. The van der Waals surface area contributed by atoms with Crippen molar-refractivity contribution in [3.8, 4) is 5.69 Å². The van der Waals surface area contributed by atoms with Gasteiger partial charge in [0.05, 0.1) is 23.1 Å². The summed E-state index contributed by atoms with van der Waals surface area (Å²) in [5.41, 5.74) is 2.76. The van der Waals surface area contributed by atoms with Gasteiger partial charge >= 0.3 is 0 Å². The summed E-state index contributed by atoms with van der Waals surface area (Å²) in [5.74, 6) is -0.862. The lowest BCUT2D eigenvalue weighted by atomic mass is 9.94. The van der Waals surface area contributed by atoms with Gasteiger partial charge in [-0.3, -0.25) is 9.59 Å². The maximum Gasteiger partial charge on any atom is 0.257 e. The van der Waals surface area contributed by atoms with Gasteiger partial charge in [-0.25, -0.2) is 9.07 Å². The number of likely N-dealkylation sites (tertiary alicyclic amines) is 1. The number of hydrogen-bond acceptors (Lipinski definition) is 3. The van der Waals surface area contributed by atoms with Gasteiger partial charge in [-0.2, -0.15) is 5.10 Å². The zero-order valence-electron chi connectivity index (χ0n) is 18.6. The van der Waals surface area contributed by atoms with E-state index in [1.165, 1.54) is 12.1 Å². The number of benzene rings is 2. The highest BCUT2D eigenvalue weighted by Crippen LogP contribution is 2.30. The van der Waals surface area contributed by atoms with Crippen LogP contribution in [0.15, 0.2) is 85.1 Å². The summed E-state index contributed by atoms with van der Waals surface area (Å²) in [6.07, 6.45) is 10.8. The van der Waals surface area contributed by atoms with Crippen LogP contribution in [0.2, 0.25) is 0 Å². The standard InChI is InChI=1S/C27H25FN4O2/c28-21-9-6-10-22(17-21)30-26(33)20-13-15-31(16-14-20)27(34)24-18-29-32(23-11-2-1-3-12-23)25(24)19-7-4-5-8-19/h1-12,17-20H,13-16H2,(H,30,33). The molecule has 7 heteroatoms. The summed E-state index contributed by atoms with van der Waals surface area (Å²) in [6.45, 7) is 0.957. The number of aromatic nitrogens is 2. The molecular formula is C27H25FN4O2. The number of para-hydroxylation sites is 1. The maximum atomic E-state index is 13.5. The average Bonchev–Trinajstić information content (AvgIpc) is 3.54. The molecule has 0 unspecified atom stereocenters. The molecule has 0 saturated carbocycles. The Kier molecular flexibility index (Phi) is 6.08. The molecule has 2 aliphatic rings. The minimum Gasteiger partial charge on any atom is -0.338 e. The van der Waals surface area contributed by atoms with Crippen molar-refractivity contribution in [2.24, 2.45) is 5.92 Å². The van der Waals surface area contributed by atoms with Gasteiger partial charge in [0.25, 0.3) is 5.91 Å². The lowest BCUT2D eigenvalue weighted by Crippen LogP contribution is -2.41. The van der Waals surface area contributed by atoms with E-state index < -0.39 is 5.82 Å². The van der Waals surface area contributed by atoms with Crippen molar-refractivity contribution >= 4 is 17.5 Å². The van der Waals surface area contributed by atoms with Gasteiger partial charge in [0.15, 0.2) is 0 Å². The Labute approximate surface area is 197 Å². The molecule has 0 bridgehead atoms. The predicted octanol–water partition coefficient (Wildman–Crippen LogP) is 4.71. The number of nitrogens with zero attached hydrogens (tertiary/aromatic N) is 3. The minimum atomic E-state index is -0.392. The Hall–Kier alpha value is -4.00. The van der Waals surface area contributed by atoms with Gasteiger partial charge < -0.3 is 10.2 Å². The molecule has 34 heavy (non-hydrogen) atoms. The second-order valence-corrected chi connectivity index (χ2v) is 8.55. The highest BCUT2D eigenvalue weighted by Gasteiger charge is 2.31. The molecule has 0 atom stereocenters. The second-order valence-electron chi connectivity index (χ2n) is 8.55. The number of halogens is 1. The third kappa shape index (κ3) is 4.41. The Morgan fingerprint density at radius 1 is 0.971 bits per heavy atom. The molecule has 6 nitrogen and oxygen atoms in total. The van der Waals surface area contributed by atoms with Crippen molar-refractivity contribution < 1.29 is 14.0 Å². The molecule has 1 aromatic heterocycles. The van der Waals surface area contributed by atoms with Crippen LogP contribution in [-0.2, 0) is 4.79 Å². The molecule has 3 aromatic rings. The van der Waals surface area contributed by atoms with Crippen LogP contribution >= 0.6 is 0 Å². The van der Waals surface area contributed by atoms with Crippen LogP contribution in [0.25, 0.3) is 5.69 Å². The van der Waals surface area contributed by atoms with E-state index in [0.29, 0.717) is 37.2 Å². The van der Waals surface area contributed by atoms with Crippen molar-refractivity contribution in [2.75, 3.05) is 18.4 Å². The van der Waals surface area contributed by atoms with E-state index in [9.17, 15) is 14.0 Å². The van der Waals surface area contributed by atoms with Crippen LogP contribution < -0.4 is 5.32 Å². The highest BCUT2D eigenvalue weighted by atomic mass is 19.1. The summed E-state index contributed by atoms with van der Waals surface area (Å²) < 4.78 is 15.2. The smallest absolute Gasteiger partial charge is 0.257 e. The molecule has 5 rings (SSSR count). The number of rotatable bonds is 5. The molecule has 1 fully saturated rings. The number of piperidine rings is 1. The van der Waals surface area contributed by atoms with Crippen LogP contribution in [0.3, 0.4) is 0 Å². The fourth-order valence-corrected chi connectivity index (χ4v) is 4.56. The number of anilines is 1. The van der Waals surface area contributed by atoms with Crippen molar-refractivity contribution in [2.45, 2.75) is 18.8 Å². The molecule has 0 spiro atoms. The van der Waals surface area contributed by atoms with Gasteiger partial charge in [0.1, 0.15) is 5.82 Å². The molecule has 2 aromatic carbocycles. The van der Waals surface area contributed by atoms with Gasteiger partial charge in [0, 0.05) is 30.6 Å². The number of allylic oxidation sites excluding steroid dienone is 4. The monoisotopic (exact) mass is 456 g/mol. The third-order valence-corrected chi connectivity index (χ3v) is 6.35. The molecule has 172 valence electrons. The second kappa shape index (κ2) is 9.47. The predicted molar refractivity (Wildman–Crippen MR) is 128 cm³/mol. The number of hydrogen-bond donors (Lipinski definition) is 1. The lowest BCUT2D eigenvalue weighted by molar-refractivity contribution is -0.121. The van der Waals surface area contributed by atoms with Crippen LogP contribution in [0, 0.1) is 11.7 Å². The average molecular weight is 457 g/mol. The molecule has 0 radical (unpaired) electrons. The van der Waals surface area contributed by atoms with Crippen LogP contribution in [0.1, 0.15) is 34.8 Å². The van der Waals surface area contributed by atoms with E-state index in [2.05, 4.69) is 22.6 Å². The largest absolute Gasteiger partial charge is 0.338 e. The van der Waals surface area contributed by atoms with E-state index in [0.717, 1.165) is 11.4 Å².